The van der Waals surface area contributed by atoms with Crippen LogP contribution in [0.4, 0.5) is 0 Å². The summed E-state index contributed by atoms with van der Waals surface area (Å²) in [7, 11) is 0. The second-order valence-electron chi connectivity index (χ2n) is 15.3. The van der Waals surface area contributed by atoms with Crippen molar-refractivity contribution < 1.29 is 93.0 Å². The largest absolute Gasteiger partial charge is 0.480 e. The van der Waals surface area contributed by atoms with Crippen molar-refractivity contribution in [1.82, 2.24) is 37.2 Å². The fraction of sp³-hybridized carbons (Fsp3) is 0.778. The lowest BCUT2D eigenvalue weighted by atomic mass is 9.96. The van der Waals surface area contributed by atoms with Gasteiger partial charge in [0, 0.05) is 13.8 Å². The van der Waals surface area contributed by atoms with E-state index in [-0.39, 0.29) is 0 Å². The molecule has 0 aromatic heterocycles. The Kier molecular flexibility index (Phi) is 21.1. The van der Waals surface area contributed by atoms with Crippen LogP contribution in [0.3, 0.4) is 0 Å². The molecule has 27 nitrogen and oxygen atoms in total. The fourth-order valence-corrected chi connectivity index (χ4v) is 6.25. The Morgan fingerprint density at radius 1 is 0.540 bits per heavy atom. The van der Waals surface area contributed by atoms with Crippen LogP contribution in [0.5, 0.6) is 0 Å². The van der Waals surface area contributed by atoms with Crippen LogP contribution in [0, 0.1) is 0 Å². The quantitative estimate of drug-likeness (QED) is 0.0508. The number of amides is 7. The van der Waals surface area contributed by atoms with E-state index in [1.165, 1.54) is 34.6 Å². The van der Waals surface area contributed by atoms with E-state index in [4.69, 9.17) is 24.7 Å². The number of hydrogen-bond donors (Lipinski definition) is 15. The first kappa shape index (κ1) is 54.5. The van der Waals surface area contributed by atoms with Gasteiger partial charge in [-0.3, -0.25) is 38.4 Å². The maximum Gasteiger partial charge on any atom is 0.325 e. The number of hydrogen-bond acceptors (Lipinski definition) is 19. The molecule has 2 fully saturated rings. The molecule has 18 atom stereocenters. The maximum absolute atomic E-state index is 13.6. The van der Waals surface area contributed by atoms with Gasteiger partial charge in [-0.1, -0.05) is 0 Å². The van der Waals surface area contributed by atoms with Gasteiger partial charge in [0.15, 0.2) is 12.6 Å². The number of carboxylic acids is 1. The lowest BCUT2D eigenvalue weighted by Crippen LogP contribution is -2.66. The third-order valence-corrected chi connectivity index (χ3v) is 9.95. The zero-order valence-corrected chi connectivity index (χ0v) is 35.9. The Hall–Kier alpha value is -4.68. The molecular formula is C36H62N8O19. The molecule has 360 valence electrons. The van der Waals surface area contributed by atoms with Crippen molar-refractivity contribution in [2.24, 2.45) is 5.73 Å². The van der Waals surface area contributed by atoms with Gasteiger partial charge in [0.25, 0.3) is 0 Å². The monoisotopic (exact) mass is 910 g/mol. The summed E-state index contributed by atoms with van der Waals surface area (Å²) in [6, 6.07) is -11.9. The Balaban J connectivity index is 2.28. The van der Waals surface area contributed by atoms with Gasteiger partial charge in [-0.05, 0) is 41.5 Å². The highest BCUT2D eigenvalue weighted by molar-refractivity contribution is 5.96. The smallest absolute Gasteiger partial charge is 0.325 e. The number of rotatable bonds is 21. The lowest BCUT2D eigenvalue weighted by molar-refractivity contribution is -0.281. The number of nitrogens with two attached hydrogens (primary N) is 1. The second kappa shape index (κ2) is 24.4. The zero-order chi connectivity index (χ0) is 48.2. The summed E-state index contributed by atoms with van der Waals surface area (Å²) in [6.45, 7) is 7.94. The van der Waals surface area contributed by atoms with E-state index in [9.17, 15) is 74.1 Å². The Morgan fingerprint density at radius 3 is 1.21 bits per heavy atom. The fourth-order valence-electron chi connectivity index (χ4n) is 6.25. The number of ether oxygens (including phenoxy) is 4. The van der Waals surface area contributed by atoms with E-state index in [1.807, 2.05) is 0 Å². The molecule has 27 heteroatoms. The number of carboxylic acid groups (broad SMARTS) is 1. The standard InChI is InChI=1S/C36H62N8O19/c1-11(37)29(53)43-21(15(5)60-35-23(41-17(7)47)27(51)25(49)19(9-45)62-35)32(56)39-12(2)30(54)38-13(3)31(55)44-22(33(57)40-14(4)34(58)59)16(6)61-36-24(42-18(8)48)28(52)26(50)20(10-46)63-36/h11-16,19-28,35-36,45-46,49-52H,9-10,37H2,1-8H3,(H,38,54)(H,39,56)(H,40,57)(H,41,47)(H,42,48)(H,43,53)(H,44,55)(H,58,59)/t11-,12-,13-,14-,15?,16?,19+,20+,21-,22-,23+,24+,25-,26-,27+,28+,35-,36-/m0/s1. The normalized spacial score (nSPS) is 29.7. The maximum atomic E-state index is 13.6. The minimum Gasteiger partial charge on any atom is -0.480 e. The molecule has 0 aliphatic carbocycles. The second-order valence-corrected chi connectivity index (χ2v) is 15.3. The first-order valence-corrected chi connectivity index (χ1v) is 19.9. The van der Waals surface area contributed by atoms with Crippen molar-refractivity contribution in [3.8, 4) is 0 Å². The highest BCUT2D eigenvalue weighted by Gasteiger charge is 2.48. The number of aliphatic hydroxyl groups excluding tert-OH is 6. The molecule has 0 aromatic carbocycles. The average Bonchev–Trinajstić information content (AvgIpc) is 3.20. The predicted octanol–water partition coefficient (Wildman–Crippen LogP) is -8.40. The van der Waals surface area contributed by atoms with Crippen LogP contribution >= 0.6 is 0 Å². The number of aliphatic hydroxyl groups is 6. The number of aliphatic carboxylic acids is 1. The van der Waals surface area contributed by atoms with Gasteiger partial charge in [-0.15, -0.1) is 0 Å². The van der Waals surface area contributed by atoms with Crippen LogP contribution in [0.15, 0.2) is 0 Å². The van der Waals surface area contributed by atoms with Gasteiger partial charge in [-0.25, -0.2) is 0 Å². The number of carbonyl (C=O) groups excluding carboxylic acids is 7. The molecule has 7 amide bonds. The van der Waals surface area contributed by atoms with Crippen molar-refractivity contribution in [3.05, 3.63) is 0 Å². The average molecular weight is 911 g/mol. The third-order valence-electron chi connectivity index (χ3n) is 9.95. The van der Waals surface area contributed by atoms with Crippen LogP contribution in [-0.2, 0) is 57.3 Å². The predicted molar refractivity (Wildman–Crippen MR) is 210 cm³/mol. The minimum atomic E-state index is -1.76. The molecule has 0 bridgehead atoms. The van der Waals surface area contributed by atoms with Gasteiger partial charge in [-0.2, -0.15) is 0 Å². The van der Waals surface area contributed by atoms with E-state index in [0.717, 1.165) is 20.8 Å². The molecule has 0 spiro atoms. The highest BCUT2D eigenvalue weighted by Crippen LogP contribution is 2.25. The minimum absolute atomic E-state index is 0.666. The summed E-state index contributed by atoms with van der Waals surface area (Å²) in [5.74, 6) is -7.84. The zero-order valence-electron chi connectivity index (χ0n) is 35.9. The van der Waals surface area contributed by atoms with Gasteiger partial charge in [0.2, 0.25) is 41.4 Å². The van der Waals surface area contributed by atoms with Crippen LogP contribution < -0.4 is 43.0 Å². The number of nitrogens with one attached hydrogen (secondary N) is 7. The molecule has 2 aliphatic rings. The van der Waals surface area contributed by atoms with E-state index in [1.54, 1.807) is 0 Å². The van der Waals surface area contributed by atoms with E-state index in [0.29, 0.717) is 0 Å². The molecule has 2 heterocycles. The first-order valence-electron chi connectivity index (χ1n) is 19.9. The van der Waals surface area contributed by atoms with Crippen LogP contribution in [0.25, 0.3) is 0 Å². The Morgan fingerprint density at radius 2 is 0.873 bits per heavy atom. The van der Waals surface area contributed by atoms with E-state index < -0.39 is 170 Å². The van der Waals surface area contributed by atoms with Crippen molar-refractivity contribution in [2.75, 3.05) is 13.2 Å². The Labute approximate surface area is 361 Å². The van der Waals surface area contributed by atoms with Crippen molar-refractivity contribution in [2.45, 2.75) is 165 Å². The van der Waals surface area contributed by atoms with Gasteiger partial charge < -0.3 is 97.6 Å². The lowest BCUT2D eigenvalue weighted by Gasteiger charge is -2.43. The molecule has 0 saturated carbocycles. The molecule has 16 N–H and O–H groups in total. The molecule has 0 radical (unpaired) electrons. The SMILES string of the molecule is CC(=O)N[C@H]1[C@@H](OC(C)[C@H](NC(=O)[C@H](C)N)C(=O)N[C@@H](C)C(=O)N[C@@H](C)C(=O)N[C@H](C(=O)N[C@@H](C)C(=O)O)C(C)O[C@H]2O[C@H](CO)[C@H](O)[C@H](O)[C@H]2NC(C)=O)O[C@H](CO)[C@H](O)[C@@H]1O. The summed E-state index contributed by atoms with van der Waals surface area (Å²) < 4.78 is 22.7. The summed E-state index contributed by atoms with van der Waals surface area (Å²) in [4.78, 5) is 102. The molecule has 2 saturated heterocycles. The van der Waals surface area contributed by atoms with Gasteiger partial charge in [0.1, 0.15) is 78.9 Å². The summed E-state index contributed by atoms with van der Waals surface area (Å²) >= 11 is 0. The summed E-state index contributed by atoms with van der Waals surface area (Å²) in [5, 5.41) is 87.0. The molecule has 2 unspecified atom stereocenters. The van der Waals surface area contributed by atoms with Crippen LogP contribution in [0.2, 0.25) is 0 Å². The van der Waals surface area contributed by atoms with Crippen LogP contribution in [0.1, 0.15) is 55.4 Å². The topological polar surface area (TPSA) is 425 Å². The summed E-state index contributed by atoms with van der Waals surface area (Å²) in [6.07, 6.45) is -15.7. The molecule has 2 rings (SSSR count). The highest BCUT2D eigenvalue weighted by atomic mass is 16.7. The third kappa shape index (κ3) is 15.2. The van der Waals surface area contributed by atoms with Gasteiger partial charge >= 0.3 is 5.97 Å². The number of carbonyl (C=O) groups is 8. The molecule has 63 heavy (non-hydrogen) atoms. The first-order chi connectivity index (χ1) is 29.2. The van der Waals surface area contributed by atoms with Crippen molar-refractivity contribution in [1.29, 1.82) is 0 Å². The Bertz CT molecular complexity index is 1630. The van der Waals surface area contributed by atoms with E-state index in [2.05, 4.69) is 37.2 Å². The van der Waals surface area contributed by atoms with Crippen molar-refractivity contribution in [3.63, 3.8) is 0 Å². The molecule has 2 aliphatic heterocycles. The molecule has 0 aromatic rings. The van der Waals surface area contributed by atoms with Gasteiger partial charge in [0.05, 0.1) is 31.5 Å². The van der Waals surface area contributed by atoms with E-state index >= 15 is 0 Å². The van der Waals surface area contributed by atoms with Crippen LogP contribution in [-0.4, -0.2) is 206 Å². The summed E-state index contributed by atoms with van der Waals surface area (Å²) in [5.41, 5.74) is 5.69. The molecular weight excluding hydrogens is 848 g/mol. The van der Waals surface area contributed by atoms with Crippen molar-refractivity contribution >= 4 is 47.3 Å².